The minimum absolute atomic E-state index is 0.146. The van der Waals surface area contributed by atoms with Crippen molar-refractivity contribution in [3.63, 3.8) is 0 Å². The van der Waals surface area contributed by atoms with Crippen molar-refractivity contribution in [3.05, 3.63) is 54.2 Å². The molecule has 0 unspecified atom stereocenters. The number of carbonyl (C=O) groups excluding carboxylic acids is 1. The Bertz CT molecular complexity index is 1020. The quantitative estimate of drug-likeness (QED) is 0.646. The number of likely N-dealkylation sites (N-methyl/N-ethyl adjacent to an activating group) is 1. The summed E-state index contributed by atoms with van der Waals surface area (Å²) >= 11 is 0. The summed E-state index contributed by atoms with van der Waals surface area (Å²) in [5.41, 5.74) is 1.93. The maximum Gasteiger partial charge on any atom is 0.257 e. The maximum absolute atomic E-state index is 13.0. The predicted octanol–water partition coefficient (Wildman–Crippen LogP) is 3.01. The van der Waals surface area contributed by atoms with Crippen LogP contribution in [0.2, 0.25) is 0 Å². The van der Waals surface area contributed by atoms with E-state index in [-0.39, 0.29) is 5.91 Å². The number of rotatable bonds is 7. The van der Waals surface area contributed by atoms with Crippen LogP contribution in [0, 0.1) is 0 Å². The summed E-state index contributed by atoms with van der Waals surface area (Å²) in [5.74, 6) is 2.70. The van der Waals surface area contributed by atoms with Crippen LogP contribution in [0.1, 0.15) is 10.4 Å². The van der Waals surface area contributed by atoms with E-state index in [0.717, 1.165) is 17.1 Å². The van der Waals surface area contributed by atoms with Gasteiger partial charge in [-0.05, 0) is 42.5 Å². The van der Waals surface area contributed by atoms with Crippen molar-refractivity contribution in [2.24, 2.45) is 0 Å². The third-order valence-corrected chi connectivity index (χ3v) is 4.80. The Morgan fingerprint density at radius 2 is 1.83 bits per heavy atom. The second-order valence-corrected chi connectivity index (χ2v) is 6.77. The van der Waals surface area contributed by atoms with E-state index < -0.39 is 0 Å². The number of nitrogens with zero attached hydrogens (tertiary/aromatic N) is 2. The highest BCUT2D eigenvalue weighted by Gasteiger charge is 2.21. The zero-order valence-corrected chi connectivity index (χ0v) is 16.9. The normalized spacial score (nSPS) is 12.3. The fraction of sp³-hybridized carbons (Fsp3) is 0.273. The topological polar surface area (TPSA) is 85.9 Å². The van der Waals surface area contributed by atoms with Gasteiger partial charge in [-0.15, -0.1) is 0 Å². The second-order valence-electron chi connectivity index (χ2n) is 6.77. The Hall–Kier alpha value is -3.68. The van der Waals surface area contributed by atoms with Crippen molar-refractivity contribution in [2.45, 2.75) is 0 Å². The number of ether oxygens (including phenoxy) is 4. The van der Waals surface area contributed by atoms with E-state index in [1.54, 1.807) is 19.1 Å². The van der Waals surface area contributed by atoms with Gasteiger partial charge in [0.1, 0.15) is 31.3 Å². The minimum Gasteiger partial charge on any atom is -0.497 e. The van der Waals surface area contributed by atoms with Crippen LogP contribution < -0.4 is 18.9 Å². The SMILES string of the molecule is COc1ccc(OCCN(C)C(=O)c2cn[nH]c2-c2ccc3c(c2)OCCO3)cc1. The Balaban J connectivity index is 1.40. The first-order valence-electron chi connectivity index (χ1n) is 9.61. The average Bonchev–Trinajstić information content (AvgIpc) is 3.28. The van der Waals surface area contributed by atoms with Crippen molar-refractivity contribution in [2.75, 3.05) is 40.5 Å². The first kappa shape index (κ1) is 19.6. The summed E-state index contributed by atoms with van der Waals surface area (Å²) in [4.78, 5) is 14.6. The van der Waals surface area contributed by atoms with Crippen LogP contribution in [0.3, 0.4) is 0 Å². The average molecular weight is 409 g/mol. The standard InChI is InChI=1S/C22H23N3O5/c1-25(9-10-28-17-6-4-16(27-2)5-7-17)22(26)18-14-23-24-21(18)15-3-8-19-20(13-15)30-12-11-29-19/h3-8,13-14H,9-12H2,1-2H3,(H,23,24). The number of fused-ring (bicyclic) bond motifs is 1. The molecule has 8 heteroatoms. The molecule has 0 fully saturated rings. The van der Waals surface area contributed by atoms with Crippen LogP contribution in [0.5, 0.6) is 23.0 Å². The van der Waals surface area contributed by atoms with E-state index in [4.69, 9.17) is 18.9 Å². The van der Waals surface area contributed by atoms with Crippen LogP contribution in [0.25, 0.3) is 11.3 Å². The Labute approximate surface area is 174 Å². The Kier molecular flexibility index (Phi) is 5.74. The van der Waals surface area contributed by atoms with Gasteiger partial charge in [0.25, 0.3) is 5.91 Å². The number of aromatic amines is 1. The van der Waals surface area contributed by atoms with Crippen molar-refractivity contribution in [1.82, 2.24) is 15.1 Å². The van der Waals surface area contributed by atoms with Gasteiger partial charge in [-0.25, -0.2) is 0 Å². The highest BCUT2D eigenvalue weighted by atomic mass is 16.6. The number of hydrogen-bond donors (Lipinski definition) is 1. The molecular weight excluding hydrogens is 386 g/mol. The summed E-state index contributed by atoms with van der Waals surface area (Å²) in [5, 5.41) is 6.99. The molecule has 1 amide bonds. The van der Waals surface area contributed by atoms with Crippen molar-refractivity contribution < 1.29 is 23.7 Å². The van der Waals surface area contributed by atoms with Gasteiger partial charge in [0.2, 0.25) is 0 Å². The molecule has 0 radical (unpaired) electrons. The van der Waals surface area contributed by atoms with E-state index in [1.165, 1.54) is 6.20 Å². The van der Waals surface area contributed by atoms with Crippen LogP contribution in [0.4, 0.5) is 0 Å². The number of benzene rings is 2. The number of hydrogen-bond acceptors (Lipinski definition) is 6. The molecule has 1 aliphatic rings. The monoisotopic (exact) mass is 409 g/mol. The third kappa shape index (κ3) is 4.17. The van der Waals surface area contributed by atoms with Gasteiger partial charge in [-0.3, -0.25) is 9.89 Å². The predicted molar refractivity (Wildman–Crippen MR) is 110 cm³/mol. The van der Waals surface area contributed by atoms with Crippen molar-refractivity contribution in [1.29, 1.82) is 0 Å². The lowest BCUT2D eigenvalue weighted by Crippen LogP contribution is -2.31. The van der Waals surface area contributed by atoms with E-state index in [0.29, 0.717) is 49.1 Å². The van der Waals surface area contributed by atoms with Gasteiger partial charge < -0.3 is 23.8 Å². The smallest absolute Gasteiger partial charge is 0.257 e. The molecule has 1 N–H and O–H groups in total. The van der Waals surface area contributed by atoms with Gasteiger partial charge in [-0.1, -0.05) is 0 Å². The molecule has 2 heterocycles. The van der Waals surface area contributed by atoms with Gasteiger partial charge in [0.05, 0.1) is 31.1 Å². The first-order chi connectivity index (χ1) is 14.7. The fourth-order valence-electron chi connectivity index (χ4n) is 3.15. The van der Waals surface area contributed by atoms with Crippen LogP contribution >= 0.6 is 0 Å². The number of carbonyl (C=O) groups is 1. The molecule has 1 aliphatic heterocycles. The number of aromatic nitrogens is 2. The zero-order chi connectivity index (χ0) is 20.9. The van der Waals surface area contributed by atoms with Gasteiger partial charge in [0, 0.05) is 12.6 Å². The van der Waals surface area contributed by atoms with Gasteiger partial charge >= 0.3 is 0 Å². The minimum atomic E-state index is -0.146. The molecule has 0 spiro atoms. The molecule has 4 rings (SSSR count). The van der Waals surface area contributed by atoms with Crippen molar-refractivity contribution in [3.8, 4) is 34.3 Å². The molecule has 0 atom stereocenters. The Morgan fingerprint density at radius 1 is 1.10 bits per heavy atom. The summed E-state index contributed by atoms with van der Waals surface area (Å²) < 4.78 is 22.0. The fourth-order valence-corrected chi connectivity index (χ4v) is 3.15. The second kappa shape index (κ2) is 8.77. The largest absolute Gasteiger partial charge is 0.497 e. The van der Waals surface area contributed by atoms with Gasteiger partial charge in [-0.2, -0.15) is 5.10 Å². The van der Waals surface area contributed by atoms with Crippen molar-refractivity contribution >= 4 is 5.91 Å². The van der Waals surface area contributed by atoms with E-state index in [9.17, 15) is 4.79 Å². The number of H-pyrrole nitrogens is 1. The molecular formula is C22H23N3O5. The van der Waals surface area contributed by atoms with Crippen LogP contribution in [0.15, 0.2) is 48.7 Å². The lowest BCUT2D eigenvalue weighted by molar-refractivity contribution is 0.0774. The number of amides is 1. The molecule has 1 aromatic heterocycles. The summed E-state index contributed by atoms with van der Waals surface area (Å²) in [7, 11) is 3.35. The summed E-state index contributed by atoms with van der Waals surface area (Å²) in [6.45, 7) is 1.83. The molecule has 0 saturated carbocycles. The molecule has 8 nitrogen and oxygen atoms in total. The Morgan fingerprint density at radius 3 is 2.60 bits per heavy atom. The first-order valence-corrected chi connectivity index (χ1v) is 9.61. The molecule has 30 heavy (non-hydrogen) atoms. The number of methoxy groups -OCH3 is 1. The molecule has 0 saturated heterocycles. The highest BCUT2D eigenvalue weighted by molar-refractivity contribution is 5.99. The van der Waals surface area contributed by atoms with E-state index in [2.05, 4.69) is 10.2 Å². The summed E-state index contributed by atoms with van der Waals surface area (Å²) in [6.07, 6.45) is 1.54. The van der Waals surface area contributed by atoms with E-state index in [1.807, 2.05) is 42.5 Å². The third-order valence-electron chi connectivity index (χ3n) is 4.80. The number of nitrogens with one attached hydrogen (secondary N) is 1. The zero-order valence-electron chi connectivity index (χ0n) is 16.9. The molecule has 2 aromatic carbocycles. The van der Waals surface area contributed by atoms with Crippen LogP contribution in [-0.4, -0.2) is 61.5 Å². The van der Waals surface area contributed by atoms with Crippen LogP contribution in [-0.2, 0) is 0 Å². The molecule has 0 bridgehead atoms. The lowest BCUT2D eigenvalue weighted by Gasteiger charge is -2.19. The highest BCUT2D eigenvalue weighted by Crippen LogP contribution is 2.35. The maximum atomic E-state index is 13.0. The van der Waals surface area contributed by atoms with E-state index >= 15 is 0 Å². The van der Waals surface area contributed by atoms with Gasteiger partial charge in [0.15, 0.2) is 11.5 Å². The molecule has 0 aliphatic carbocycles. The molecule has 156 valence electrons. The summed E-state index contributed by atoms with van der Waals surface area (Å²) in [6, 6.07) is 12.9. The molecule has 3 aromatic rings. The lowest BCUT2D eigenvalue weighted by atomic mass is 10.1.